The lowest BCUT2D eigenvalue weighted by Crippen LogP contribution is -2.41. The molecule has 2 rings (SSSR count). The Bertz CT molecular complexity index is 385. The Morgan fingerprint density at radius 1 is 1.21 bits per heavy atom. The molecule has 19 heavy (non-hydrogen) atoms. The minimum Gasteiger partial charge on any atom is -0.368 e. The van der Waals surface area contributed by atoms with Crippen molar-refractivity contribution in [3.63, 3.8) is 0 Å². The number of para-hydroxylation sites is 1. The third-order valence-electron chi connectivity index (χ3n) is 4.30. The molecule has 0 aliphatic carbocycles. The minimum absolute atomic E-state index is 0.543. The summed E-state index contributed by atoms with van der Waals surface area (Å²) >= 11 is 0. The second-order valence-electron chi connectivity index (χ2n) is 5.52. The molecule has 1 unspecified atom stereocenters. The fourth-order valence-corrected chi connectivity index (χ4v) is 3.23. The van der Waals surface area contributed by atoms with Crippen molar-refractivity contribution in [2.75, 3.05) is 18.0 Å². The highest BCUT2D eigenvalue weighted by atomic mass is 15.2. The molecule has 1 aliphatic heterocycles. The Morgan fingerprint density at radius 2 is 1.95 bits per heavy atom. The van der Waals surface area contributed by atoms with Crippen molar-refractivity contribution in [1.29, 1.82) is 0 Å². The van der Waals surface area contributed by atoms with Crippen LogP contribution in [0.4, 0.5) is 5.69 Å². The number of anilines is 1. The van der Waals surface area contributed by atoms with E-state index in [9.17, 15) is 0 Å². The molecule has 1 heterocycles. The van der Waals surface area contributed by atoms with Crippen molar-refractivity contribution in [3.05, 3.63) is 29.8 Å². The van der Waals surface area contributed by atoms with Crippen LogP contribution in [0.15, 0.2) is 24.3 Å². The first kappa shape index (κ1) is 14.4. The Hall–Kier alpha value is -1.02. The van der Waals surface area contributed by atoms with Gasteiger partial charge in [-0.2, -0.15) is 0 Å². The van der Waals surface area contributed by atoms with Gasteiger partial charge in [-0.05, 0) is 43.9 Å². The maximum Gasteiger partial charge on any atom is 0.0417 e. The zero-order valence-corrected chi connectivity index (χ0v) is 12.7. The quantitative estimate of drug-likeness (QED) is 0.827. The highest BCUT2D eigenvalue weighted by molar-refractivity contribution is 5.57. The Kier molecular flexibility index (Phi) is 5.26. The van der Waals surface area contributed by atoms with Crippen molar-refractivity contribution in [2.45, 2.75) is 58.5 Å². The van der Waals surface area contributed by atoms with E-state index >= 15 is 0 Å². The van der Waals surface area contributed by atoms with Gasteiger partial charge in [0.2, 0.25) is 0 Å². The summed E-state index contributed by atoms with van der Waals surface area (Å²) in [5, 5.41) is 3.70. The summed E-state index contributed by atoms with van der Waals surface area (Å²) in [6, 6.07) is 10.2. The normalized spacial score (nSPS) is 18.7. The molecule has 1 aromatic rings. The monoisotopic (exact) mass is 260 g/mol. The highest BCUT2D eigenvalue weighted by Crippen LogP contribution is 2.35. The molecule has 0 fully saturated rings. The van der Waals surface area contributed by atoms with Gasteiger partial charge in [-0.25, -0.2) is 0 Å². The fourth-order valence-electron chi connectivity index (χ4n) is 3.23. The molecule has 2 heteroatoms. The predicted molar refractivity (Wildman–Crippen MR) is 83.8 cm³/mol. The summed E-state index contributed by atoms with van der Waals surface area (Å²) in [5.41, 5.74) is 2.95. The van der Waals surface area contributed by atoms with Gasteiger partial charge in [0.1, 0.15) is 0 Å². The van der Waals surface area contributed by atoms with Crippen LogP contribution in [0.5, 0.6) is 0 Å². The zero-order valence-electron chi connectivity index (χ0n) is 12.7. The van der Waals surface area contributed by atoms with E-state index in [1.54, 1.807) is 0 Å². The summed E-state index contributed by atoms with van der Waals surface area (Å²) in [6.07, 6.45) is 4.90. The van der Waals surface area contributed by atoms with E-state index in [1.807, 2.05) is 0 Å². The van der Waals surface area contributed by atoms with Crippen LogP contribution in [0.2, 0.25) is 0 Å². The van der Waals surface area contributed by atoms with E-state index in [-0.39, 0.29) is 0 Å². The number of benzene rings is 1. The van der Waals surface area contributed by atoms with Crippen LogP contribution in [0.25, 0.3) is 0 Å². The van der Waals surface area contributed by atoms with Crippen LogP contribution >= 0.6 is 0 Å². The second-order valence-corrected chi connectivity index (χ2v) is 5.52. The van der Waals surface area contributed by atoms with E-state index < -0.39 is 0 Å². The van der Waals surface area contributed by atoms with Crippen molar-refractivity contribution in [2.24, 2.45) is 0 Å². The molecule has 106 valence electrons. The molecule has 0 amide bonds. The number of hydrogen-bond donors (Lipinski definition) is 1. The molecule has 1 atom stereocenters. The Balaban J connectivity index is 2.23. The van der Waals surface area contributed by atoms with Crippen molar-refractivity contribution < 1.29 is 0 Å². The van der Waals surface area contributed by atoms with E-state index in [2.05, 4.69) is 55.3 Å². The molecule has 0 saturated carbocycles. The molecule has 0 radical (unpaired) electrons. The molecular formula is C17H28N2. The van der Waals surface area contributed by atoms with Gasteiger partial charge in [0.05, 0.1) is 0 Å². The van der Waals surface area contributed by atoms with E-state index in [0.717, 1.165) is 6.54 Å². The number of rotatable bonds is 6. The van der Waals surface area contributed by atoms with Gasteiger partial charge in [-0.3, -0.25) is 0 Å². The third kappa shape index (κ3) is 3.11. The van der Waals surface area contributed by atoms with Gasteiger partial charge in [-0.15, -0.1) is 0 Å². The van der Waals surface area contributed by atoms with Crippen LogP contribution in [0.3, 0.4) is 0 Å². The average Bonchev–Trinajstić information content (AvgIpc) is 2.47. The van der Waals surface area contributed by atoms with Crippen LogP contribution in [0, 0.1) is 0 Å². The molecule has 0 saturated heterocycles. The lowest BCUT2D eigenvalue weighted by Gasteiger charge is -2.40. The fraction of sp³-hybridized carbons (Fsp3) is 0.647. The molecule has 1 aromatic carbocycles. The van der Waals surface area contributed by atoms with Crippen molar-refractivity contribution >= 4 is 5.69 Å². The number of fused-ring (bicyclic) bond motifs is 1. The molecule has 2 nitrogen and oxygen atoms in total. The van der Waals surface area contributed by atoms with Gasteiger partial charge in [0, 0.05) is 24.3 Å². The lowest BCUT2D eigenvalue weighted by atomic mass is 9.94. The molecule has 0 spiro atoms. The first-order valence-electron chi connectivity index (χ1n) is 7.90. The van der Waals surface area contributed by atoms with E-state index in [4.69, 9.17) is 0 Å². The average molecular weight is 260 g/mol. The van der Waals surface area contributed by atoms with Gasteiger partial charge in [0.15, 0.2) is 0 Å². The van der Waals surface area contributed by atoms with Crippen molar-refractivity contribution in [3.8, 4) is 0 Å². The largest absolute Gasteiger partial charge is 0.368 e. The minimum atomic E-state index is 0.543. The molecule has 0 aromatic heterocycles. The van der Waals surface area contributed by atoms with Crippen molar-refractivity contribution in [1.82, 2.24) is 5.32 Å². The van der Waals surface area contributed by atoms with Gasteiger partial charge in [0.25, 0.3) is 0 Å². The first-order chi connectivity index (χ1) is 9.31. The van der Waals surface area contributed by atoms with Crippen LogP contribution in [0.1, 0.15) is 58.1 Å². The second kappa shape index (κ2) is 6.95. The van der Waals surface area contributed by atoms with Crippen LogP contribution in [-0.4, -0.2) is 19.1 Å². The van der Waals surface area contributed by atoms with Gasteiger partial charge < -0.3 is 10.2 Å². The summed E-state index contributed by atoms with van der Waals surface area (Å²) in [6.45, 7) is 9.14. The molecule has 1 aliphatic rings. The SMILES string of the molecule is CCCNC1CCN(C(CC)CC)c2ccccc21. The van der Waals surface area contributed by atoms with Crippen LogP contribution in [-0.2, 0) is 0 Å². The third-order valence-corrected chi connectivity index (χ3v) is 4.30. The molecule has 0 bridgehead atoms. The summed E-state index contributed by atoms with van der Waals surface area (Å²) < 4.78 is 0. The summed E-state index contributed by atoms with van der Waals surface area (Å²) in [7, 11) is 0. The summed E-state index contributed by atoms with van der Waals surface area (Å²) in [5.74, 6) is 0. The number of nitrogens with one attached hydrogen (secondary N) is 1. The topological polar surface area (TPSA) is 15.3 Å². The first-order valence-corrected chi connectivity index (χ1v) is 7.90. The molecule has 1 N–H and O–H groups in total. The smallest absolute Gasteiger partial charge is 0.0417 e. The zero-order chi connectivity index (χ0) is 13.7. The number of hydrogen-bond acceptors (Lipinski definition) is 2. The molecular weight excluding hydrogens is 232 g/mol. The Labute approximate surface area is 118 Å². The van der Waals surface area contributed by atoms with E-state index in [0.29, 0.717) is 12.1 Å². The maximum atomic E-state index is 3.70. The van der Waals surface area contributed by atoms with Gasteiger partial charge >= 0.3 is 0 Å². The lowest BCUT2D eigenvalue weighted by molar-refractivity contribution is 0.447. The summed E-state index contributed by atoms with van der Waals surface area (Å²) in [4.78, 5) is 2.62. The van der Waals surface area contributed by atoms with Crippen LogP contribution < -0.4 is 10.2 Å². The number of nitrogens with zero attached hydrogens (tertiary/aromatic N) is 1. The highest BCUT2D eigenvalue weighted by Gasteiger charge is 2.27. The van der Waals surface area contributed by atoms with E-state index in [1.165, 1.54) is 43.5 Å². The predicted octanol–water partition coefficient (Wildman–Crippen LogP) is 4.13. The standard InChI is InChI=1S/C17H28N2/c1-4-12-18-16-11-13-19(14(5-2)6-3)17-10-8-7-9-15(16)17/h7-10,14,16,18H,4-6,11-13H2,1-3H3. The maximum absolute atomic E-state index is 3.70. The van der Waals surface area contributed by atoms with Gasteiger partial charge in [-0.1, -0.05) is 39.0 Å². The Morgan fingerprint density at radius 3 is 2.63 bits per heavy atom.